The summed E-state index contributed by atoms with van der Waals surface area (Å²) in [6.45, 7) is 11.1. The van der Waals surface area contributed by atoms with Gasteiger partial charge in [0.2, 0.25) is 0 Å². The standard InChI is InChI=1S/C29H39N3O4/c1-5-32(6-2)28(33)24-13-11-22(12-14-24)27(23-15-17-31(18-16-23)19-20-35-4)25-9-8-10-26(21-25)30-29(34)36-7-3/h8-14,21H,5-7,15-20H2,1-4H3,(H,30,34). The van der Waals surface area contributed by atoms with Crippen LogP contribution in [0.2, 0.25) is 0 Å². The van der Waals surface area contributed by atoms with Crippen LogP contribution in [0.3, 0.4) is 0 Å². The number of nitrogens with one attached hydrogen (secondary N) is 1. The number of piperidine rings is 1. The number of carbonyl (C=O) groups excluding carboxylic acids is 2. The average molecular weight is 494 g/mol. The van der Waals surface area contributed by atoms with E-state index in [-0.39, 0.29) is 5.91 Å². The van der Waals surface area contributed by atoms with Gasteiger partial charge in [0.1, 0.15) is 0 Å². The molecule has 194 valence electrons. The van der Waals surface area contributed by atoms with Gasteiger partial charge in [-0.25, -0.2) is 4.79 Å². The van der Waals surface area contributed by atoms with Crippen LogP contribution in [0.1, 0.15) is 55.1 Å². The van der Waals surface area contributed by atoms with Crippen LogP contribution in [0.25, 0.3) is 5.57 Å². The first-order valence-electron chi connectivity index (χ1n) is 12.9. The van der Waals surface area contributed by atoms with Crippen LogP contribution in [-0.2, 0) is 9.47 Å². The molecule has 2 aromatic carbocycles. The summed E-state index contributed by atoms with van der Waals surface area (Å²) < 4.78 is 10.3. The van der Waals surface area contributed by atoms with Crippen molar-refractivity contribution in [1.82, 2.24) is 9.80 Å². The van der Waals surface area contributed by atoms with Crippen LogP contribution >= 0.6 is 0 Å². The van der Waals surface area contributed by atoms with Gasteiger partial charge in [0.15, 0.2) is 0 Å². The van der Waals surface area contributed by atoms with Gasteiger partial charge in [0.05, 0.1) is 13.2 Å². The number of rotatable bonds is 10. The molecule has 2 aromatic rings. The number of amides is 2. The van der Waals surface area contributed by atoms with Crippen LogP contribution in [0.4, 0.5) is 10.5 Å². The van der Waals surface area contributed by atoms with E-state index in [0.717, 1.165) is 55.8 Å². The molecule has 0 radical (unpaired) electrons. The van der Waals surface area contributed by atoms with Crippen molar-refractivity contribution in [3.05, 3.63) is 70.8 Å². The van der Waals surface area contributed by atoms with E-state index >= 15 is 0 Å². The van der Waals surface area contributed by atoms with Crippen LogP contribution in [0, 0.1) is 0 Å². The third-order valence-corrected chi connectivity index (χ3v) is 6.57. The number of ether oxygens (including phenoxy) is 2. The van der Waals surface area contributed by atoms with Crippen molar-refractivity contribution in [2.75, 3.05) is 58.4 Å². The highest BCUT2D eigenvalue weighted by Crippen LogP contribution is 2.34. The molecule has 0 aromatic heterocycles. The first-order valence-corrected chi connectivity index (χ1v) is 12.9. The molecule has 0 bridgehead atoms. The number of anilines is 1. The molecule has 0 unspecified atom stereocenters. The lowest BCUT2D eigenvalue weighted by Crippen LogP contribution is -2.33. The smallest absolute Gasteiger partial charge is 0.411 e. The minimum atomic E-state index is -0.463. The predicted molar refractivity (Wildman–Crippen MR) is 144 cm³/mol. The molecule has 1 N–H and O–H groups in total. The number of nitrogens with zero attached hydrogens (tertiary/aromatic N) is 2. The Labute approximate surface area is 215 Å². The Morgan fingerprint density at radius 2 is 1.61 bits per heavy atom. The molecule has 7 nitrogen and oxygen atoms in total. The lowest BCUT2D eigenvalue weighted by molar-refractivity contribution is 0.0773. The molecule has 0 aliphatic carbocycles. The van der Waals surface area contributed by atoms with Crippen LogP contribution < -0.4 is 5.32 Å². The zero-order valence-corrected chi connectivity index (χ0v) is 22.0. The van der Waals surface area contributed by atoms with Gasteiger partial charge in [-0.15, -0.1) is 0 Å². The summed E-state index contributed by atoms with van der Waals surface area (Å²) in [6, 6.07) is 15.8. The number of hydrogen-bond donors (Lipinski definition) is 1. The van der Waals surface area contributed by atoms with Gasteiger partial charge >= 0.3 is 6.09 Å². The second-order valence-corrected chi connectivity index (χ2v) is 8.79. The molecule has 3 rings (SSSR count). The molecule has 0 saturated carbocycles. The monoisotopic (exact) mass is 493 g/mol. The fourth-order valence-electron chi connectivity index (χ4n) is 4.60. The van der Waals surface area contributed by atoms with Crippen LogP contribution in [-0.4, -0.2) is 74.8 Å². The fraction of sp³-hybridized carbons (Fsp3) is 0.448. The van der Waals surface area contributed by atoms with Gasteiger partial charge < -0.3 is 19.3 Å². The number of likely N-dealkylation sites (tertiary alicyclic amines) is 1. The largest absolute Gasteiger partial charge is 0.450 e. The predicted octanol–water partition coefficient (Wildman–Crippen LogP) is 5.28. The summed E-state index contributed by atoms with van der Waals surface area (Å²) in [5.74, 6) is 0.0489. The normalized spacial score (nSPS) is 13.8. The minimum absolute atomic E-state index is 0.0489. The Balaban J connectivity index is 1.95. The summed E-state index contributed by atoms with van der Waals surface area (Å²) in [7, 11) is 1.74. The molecular formula is C29H39N3O4. The van der Waals surface area contributed by atoms with Crippen molar-refractivity contribution >= 4 is 23.3 Å². The lowest BCUT2D eigenvalue weighted by atomic mass is 9.88. The summed E-state index contributed by atoms with van der Waals surface area (Å²) in [5, 5.41) is 2.82. The third kappa shape index (κ3) is 7.18. The highest BCUT2D eigenvalue weighted by atomic mass is 16.5. The number of methoxy groups -OCH3 is 1. The van der Waals surface area contributed by atoms with Gasteiger partial charge in [0, 0.05) is 51.1 Å². The Morgan fingerprint density at radius 1 is 0.944 bits per heavy atom. The molecule has 0 spiro atoms. The topological polar surface area (TPSA) is 71.1 Å². The van der Waals surface area contributed by atoms with E-state index in [1.54, 1.807) is 14.0 Å². The number of carbonyl (C=O) groups is 2. The van der Waals surface area contributed by atoms with Crippen molar-refractivity contribution in [2.24, 2.45) is 0 Å². The van der Waals surface area contributed by atoms with E-state index in [1.807, 2.05) is 61.2 Å². The highest BCUT2D eigenvalue weighted by Gasteiger charge is 2.20. The third-order valence-electron chi connectivity index (χ3n) is 6.57. The Kier molecular flexibility index (Phi) is 10.5. The quantitative estimate of drug-likeness (QED) is 0.488. The fourth-order valence-corrected chi connectivity index (χ4v) is 4.60. The van der Waals surface area contributed by atoms with Gasteiger partial charge in [-0.2, -0.15) is 0 Å². The highest BCUT2D eigenvalue weighted by molar-refractivity contribution is 5.95. The number of hydrogen-bond acceptors (Lipinski definition) is 5. The van der Waals surface area contributed by atoms with E-state index in [4.69, 9.17) is 9.47 Å². The lowest BCUT2D eigenvalue weighted by Gasteiger charge is -2.30. The molecule has 1 fully saturated rings. The molecule has 1 aliphatic rings. The molecule has 1 saturated heterocycles. The molecule has 1 heterocycles. The maximum absolute atomic E-state index is 12.8. The van der Waals surface area contributed by atoms with Gasteiger partial charge in [-0.1, -0.05) is 29.8 Å². The summed E-state index contributed by atoms with van der Waals surface area (Å²) in [6.07, 6.45) is 1.44. The van der Waals surface area contributed by atoms with Crippen molar-refractivity contribution in [2.45, 2.75) is 33.6 Å². The summed E-state index contributed by atoms with van der Waals surface area (Å²) in [4.78, 5) is 29.1. The minimum Gasteiger partial charge on any atom is -0.450 e. The first kappa shape index (κ1) is 27.4. The van der Waals surface area contributed by atoms with Gasteiger partial charge in [0.25, 0.3) is 5.91 Å². The second-order valence-electron chi connectivity index (χ2n) is 8.79. The summed E-state index contributed by atoms with van der Waals surface area (Å²) >= 11 is 0. The number of benzene rings is 2. The SMILES string of the molecule is CCOC(=O)Nc1cccc(C(=C2CCN(CCOC)CC2)c2ccc(C(=O)N(CC)CC)cc2)c1. The Hall–Kier alpha value is -3.16. The average Bonchev–Trinajstić information content (AvgIpc) is 2.90. The van der Waals surface area contributed by atoms with Crippen LogP contribution in [0.5, 0.6) is 0 Å². The molecule has 2 amide bonds. The molecule has 36 heavy (non-hydrogen) atoms. The van der Waals surface area contributed by atoms with Crippen molar-refractivity contribution < 1.29 is 19.1 Å². The van der Waals surface area contributed by atoms with Crippen molar-refractivity contribution in [1.29, 1.82) is 0 Å². The second kappa shape index (κ2) is 13.8. The maximum atomic E-state index is 12.8. The van der Waals surface area contributed by atoms with E-state index in [1.165, 1.54) is 5.57 Å². The van der Waals surface area contributed by atoms with E-state index in [9.17, 15) is 9.59 Å². The van der Waals surface area contributed by atoms with Crippen LogP contribution in [0.15, 0.2) is 54.1 Å². The molecule has 0 atom stereocenters. The molecular weight excluding hydrogens is 454 g/mol. The van der Waals surface area contributed by atoms with E-state index in [2.05, 4.69) is 16.3 Å². The molecule has 7 heteroatoms. The Morgan fingerprint density at radius 3 is 2.22 bits per heavy atom. The van der Waals surface area contributed by atoms with Crippen molar-refractivity contribution in [3.63, 3.8) is 0 Å². The zero-order valence-electron chi connectivity index (χ0n) is 22.0. The van der Waals surface area contributed by atoms with Crippen molar-refractivity contribution in [3.8, 4) is 0 Å². The van der Waals surface area contributed by atoms with Gasteiger partial charge in [-0.05, 0) is 74.6 Å². The van der Waals surface area contributed by atoms with E-state index in [0.29, 0.717) is 30.9 Å². The Bertz CT molecular complexity index is 1030. The maximum Gasteiger partial charge on any atom is 0.411 e. The first-order chi connectivity index (χ1) is 17.5. The molecule has 1 aliphatic heterocycles. The summed E-state index contributed by atoms with van der Waals surface area (Å²) in [5.41, 5.74) is 6.02. The van der Waals surface area contributed by atoms with E-state index < -0.39 is 6.09 Å². The van der Waals surface area contributed by atoms with Gasteiger partial charge in [-0.3, -0.25) is 10.1 Å². The zero-order chi connectivity index (χ0) is 25.9.